The molecule has 166 valence electrons. The highest BCUT2D eigenvalue weighted by atomic mass is 32.2. The van der Waals surface area contributed by atoms with Crippen molar-refractivity contribution in [1.82, 2.24) is 9.62 Å². The Labute approximate surface area is 175 Å². The Hall–Kier alpha value is -2.76. The average Bonchev–Trinajstić information content (AvgIpc) is 2.58. The Morgan fingerprint density at radius 1 is 1.47 bits per heavy atom. The minimum atomic E-state index is -3.14. The number of non-ortho nitro benzene ring substituents is 1. The van der Waals surface area contributed by atoms with E-state index in [1.165, 1.54) is 18.3 Å². The smallest absolute Gasteiger partial charge is 0.437 e. The lowest BCUT2D eigenvalue weighted by Gasteiger charge is -2.42. The van der Waals surface area contributed by atoms with Gasteiger partial charge in [-0.15, -0.1) is 4.99 Å². The first-order valence-corrected chi connectivity index (χ1v) is 10.8. The highest BCUT2D eigenvalue weighted by Gasteiger charge is 2.43. The van der Waals surface area contributed by atoms with Crippen molar-refractivity contribution < 1.29 is 23.1 Å². The van der Waals surface area contributed by atoms with Crippen LogP contribution in [-0.2, 0) is 20.2 Å². The number of nitro groups is 1. The average molecular weight is 444 g/mol. The van der Waals surface area contributed by atoms with Gasteiger partial charge in [0.15, 0.2) is 0 Å². The zero-order valence-corrected chi connectivity index (χ0v) is 18.6. The van der Waals surface area contributed by atoms with E-state index in [1.54, 1.807) is 27.7 Å². The highest BCUT2D eigenvalue weighted by molar-refractivity contribution is 7.92. The molecule has 0 radical (unpaired) electrons. The van der Waals surface area contributed by atoms with Gasteiger partial charge in [0.2, 0.25) is 5.96 Å². The number of nitrogens with one attached hydrogen (secondary N) is 1. The van der Waals surface area contributed by atoms with Crippen molar-refractivity contribution in [2.24, 2.45) is 9.36 Å². The van der Waals surface area contributed by atoms with Crippen molar-refractivity contribution >= 4 is 27.7 Å². The van der Waals surface area contributed by atoms with Crippen LogP contribution in [0.1, 0.15) is 40.2 Å². The fourth-order valence-corrected chi connectivity index (χ4v) is 5.17. The van der Waals surface area contributed by atoms with Crippen LogP contribution in [0.15, 0.2) is 27.6 Å². The molecule has 0 bridgehead atoms. The van der Waals surface area contributed by atoms with Crippen molar-refractivity contribution in [3.05, 3.63) is 39.7 Å². The fourth-order valence-electron chi connectivity index (χ4n) is 2.97. The number of carbonyl (C=O) groups excluding carboxylic acids is 1. The van der Waals surface area contributed by atoms with Gasteiger partial charge in [-0.05, 0) is 40.7 Å². The molecule has 1 unspecified atom stereocenters. The maximum Gasteiger partial charge on any atom is 0.437 e. The normalized spacial score (nSPS) is 25.6. The molecule has 1 aromatic rings. The molecule has 0 aromatic heterocycles. The predicted octanol–water partition coefficient (Wildman–Crippen LogP) is 3.18. The van der Waals surface area contributed by atoms with Crippen LogP contribution in [0.25, 0.3) is 0 Å². The highest BCUT2D eigenvalue weighted by Crippen LogP contribution is 2.33. The Morgan fingerprint density at radius 3 is 2.63 bits per heavy atom. The van der Waals surface area contributed by atoms with Crippen molar-refractivity contribution in [3.8, 4) is 0 Å². The second-order valence-electron chi connectivity index (χ2n) is 7.99. The lowest BCUT2D eigenvalue weighted by atomic mass is 9.93. The minimum Gasteiger partial charge on any atom is -0.442 e. The molecule has 1 amide bonds. The van der Waals surface area contributed by atoms with Crippen molar-refractivity contribution in [2.45, 2.75) is 45.8 Å². The number of halogens is 1. The van der Waals surface area contributed by atoms with E-state index in [9.17, 15) is 23.5 Å². The van der Waals surface area contributed by atoms with E-state index >= 15 is 0 Å². The first-order chi connectivity index (χ1) is 13.7. The van der Waals surface area contributed by atoms with E-state index in [0.29, 0.717) is 0 Å². The summed E-state index contributed by atoms with van der Waals surface area (Å²) < 4.78 is 38.8. The molecule has 0 saturated carbocycles. The van der Waals surface area contributed by atoms with Crippen molar-refractivity contribution in [3.63, 3.8) is 0 Å². The van der Waals surface area contributed by atoms with Gasteiger partial charge >= 0.3 is 6.09 Å². The number of hydrogen-bond donors (Lipinski definition) is 1. The molecule has 30 heavy (non-hydrogen) atoms. The molecule has 1 aromatic carbocycles. The number of rotatable bonds is 3. The van der Waals surface area contributed by atoms with Crippen LogP contribution in [0.5, 0.6) is 0 Å². The van der Waals surface area contributed by atoms with Gasteiger partial charge in [0.1, 0.15) is 21.3 Å². The molecule has 1 N–H and O–H groups in total. The van der Waals surface area contributed by atoms with E-state index < -0.39 is 37.9 Å². The number of nitrogens with zero attached hydrogens (tertiary/aromatic N) is 4. The summed E-state index contributed by atoms with van der Waals surface area (Å²) in [4.78, 5) is 26.6. The second kappa shape index (κ2) is 8.17. The first-order valence-electron chi connectivity index (χ1n) is 9.19. The summed E-state index contributed by atoms with van der Waals surface area (Å²) in [5.41, 5.74) is -2.60. The summed E-state index contributed by atoms with van der Waals surface area (Å²) in [5.74, 6) is -1.04. The molecule has 1 saturated heterocycles. The summed E-state index contributed by atoms with van der Waals surface area (Å²) in [6.07, 6.45) is -0.932. The van der Waals surface area contributed by atoms with Crippen LogP contribution in [0.3, 0.4) is 0 Å². The number of amides is 1. The molecule has 1 aliphatic heterocycles. The topological polar surface area (TPSA) is 126 Å². The summed E-state index contributed by atoms with van der Waals surface area (Å²) in [6, 6.07) is 3.09. The number of carbonyl (C=O) groups is 1. The van der Waals surface area contributed by atoms with E-state index in [2.05, 4.69) is 14.7 Å². The molecule has 2 rings (SSSR count). The summed E-state index contributed by atoms with van der Waals surface area (Å²) >= 11 is 0. The van der Waals surface area contributed by atoms with E-state index in [0.717, 1.165) is 18.2 Å². The van der Waals surface area contributed by atoms with Crippen LogP contribution >= 0.6 is 0 Å². The Balaban J connectivity index is 2.63. The largest absolute Gasteiger partial charge is 0.442 e. The van der Waals surface area contributed by atoms with Gasteiger partial charge < -0.3 is 10.1 Å². The lowest BCUT2D eigenvalue weighted by Crippen LogP contribution is -2.61. The van der Waals surface area contributed by atoms with Gasteiger partial charge in [0.05, 0.1) is 16.2 Å². The summed E-state index contributed by atoms with van der Waals surface area (Å²) in [7, 11) is -1.70. The second-order valence-corrected chi connectivity index (χ2v) is 10.3. The molecular weight excluding hydrogens is 417 g/mol. The Kier molecular flexibility index (Phi) is 6.40. The molecule has 12 heteroatoms. The number of nitro benzene ring substituents is 1. The number of benzene rings is 1. The molecular formula is C18H26FN5O5S. The standard InChI is InChI=1S/C18H26FN5O5S/c1-7-20-30(28)11-18(5,13-10-12(24(26)27)8-9-14(13)19)22-15(23(30)6)21-16(25)29-17(2,3)4/h8-10H,7,11H2,1-6H3,(H,21,22,25)/t18-,30?/m0/s1. The summed E-state index contributed by atoms with van der Waals surface area (Å²) in [5, 5.41) is 14.1. The SMILES string of the molecule is CCN=S1(=O)C[C@@](C)(c2cc([N+](=O)[O-])ccc2F)N/C(=N\C(=O)OC(C)(C)C)N1C. The number of guanidine groups is 1. The third-order valence-corrected chi connectivity index (χ3v) is 6.91. The van der Waals surface area contributed by atoms with Crippen LogP contribution in [0, 0.1) is 15.9 Å². The number of aliphatic imine (C=N–C) groups is 1. The number of hydrogen-bond acceptors (Lipinski definition) is 6. The maximum absolute atomic E-state index is 14.7. The fraction of sp³-hybridized carbons (Fsp3) is 0.556. The Bertz CT molecular complexity index is 1010. The van der Waals surface area contributed by atoms with E-state index in [1.807, 2.05) is 0 Å². The Morgan fingerprint density at radius 2 is 2.10 bits per heavy atom. The van der Waals surface area contributed by atoms with Gasteiger partial charge in [-0.1, -0.05) is 0 Å². The van der Waals surface area contributed by atoms with Crippen LogP contribution < -0.4 is 5.32 Å². The lowest BCUT2D eigenvalue weighted by molar-refractivity contribution is -0.385. The van der Waals surface area contributed by atoms with Crippen LogP contribution in [-0.4, -0.2) is 50.4 Å². The quantitative estimate of drug-likeness (QED) is 0.565. The summed E-state index contributed by atoms with van der Waals surface area (Å²) in [6.45, 7) is 8.43. The van der Waals surface area contributed by atoms with Crippen molar-refractivity contribution in [1.29, 1.82) is 0 Å². The third-order valence-electron chi connectivity index (χ3n) is 4.27. The van der Waals surface area contributed by atoms with Gasteiger partial charge in [-0.3, -0.25) is 14.4 Å². The van der Waals surface area contributed by atoms with E-state index in [4.69, 9.17) is 4.74 Å². The molecule has 10 nitrogen and oxygen atoms in total. The molecule has 1 aliphatic rings. The first kappa shape index (κ1) is 23.5. The predicted molar refractivity (Wildman–Crippen MR) is 111 cm³/mol. The molecule has 1 heterocycles. The maximum atomic E-state index is 14.7. The van der Waals surface area contributed by atoms with Gasteiger partial charge in [-0.25, -0.2) is 17.8 Å². The van der Waals surface area contributed by atoms with Gasteiger partial charge in [0, 0.05) is 31.3 Å². The zero-order chi connectivity index (χ0) is 22.9. The van der Waals surface area contributed by atoms with Gasteiger partial charge in [0.25, 0.3) is 5.69 Å². The number of ether oxygens (including phenoxy) is 1. The van der Waals surface area contributed by atoms with E-state index in [-0.39, 0.29) is 29.5 Å². The van der Waals surface area contributed by atoms with Gasteiger partial charge in [-0.2, -0.15) is 0 Å². The van der Waals surface area contributed by atoms with Crippen LogP contribution in [0.4, 0.5) is 14.9 Å². The molecule has 0 aliphatic carbocycles. The zero-order valence-electron chi connectivity index (χ0n) is 17.8. The molecule has 1 fully saturated rings. The minimum absolute atomic E-state index is 0.0827. The third kappa shape index (κ3) is 5.04. The monoisotopic (exact) mass is 443 g/mol. The molecule has 2 atom stereocenters. The van der Waals surface area contributed by atoms with Crippen LogP contribution in [0.2, 0.25) is 0 Å². The van der Waals surface area contributed by atoms with Crippen molar-refractivity contribution in [2.75, 3.05) is 19.3 Å². The molecule has 0 spiro atoms.